The predicted molar refractivity (Wildman–Crippen MR) is 62.7 cm³/mol. The molecule has 0 radical (unpaired) electrons. The van der Waals surface area contributed by atoms with Crippen molar-refractivity contribution in [2.75, 3.05) is 5.75 Å². The van der Waals surface area contributed by atoms with Crippen LogP contribution < -0.4 is 0 Å². The van der Waals surface area contributed by atoms with Crippen LogP contribution in [0.25, 0.3) is 0 Å². The molecular formula is C12H18OS. The zero-order valence-corrected chi connectivity index (χ0v) is 9.73. The van der Waals surface area contributed by atoms with Gasteiger partial charge in [-0.25, -0.2) is 0 Å². The second-order valence-electron chi connectivity index (χ2n) is 3.47. The molecule has 2 heteroatoms. The molecule has 0 fully saturated rings. The second-order valence-corrected chi connectivity index (χ2v) is 4.61. The van der Waals surface area contributed by atoms with Crippen LogP contribution in [-0.4, -0.2) is 10.9 Å². The van der Waals surface area contributed by atoms with Crippen LogP contribution in [0.3, 0.4) is 0 Å². The van der Waals surface area contributed by atoms with Gasteiger partial charge in [0.2, 0.25) is 0 Å². The highest BCUT2D eigenvalue weighted by atomic mass is 32.2. The standard InChI is InChI=1S/C12H18OS/c1-3-4-7-14-12-6-5-10(2)8-11(12)9-13/h5-6,8,13H,3-4,7,9H2,1-2H3. The van der Waals surface area contributed by atoms with E-state index in [1.807, 2.05) is 11.8 Å². The number of benzene rings is 1. The van der Waals surface area contributed by atoms with Crippen molar-refractivity contribution < 1.29 is 5.11 Å². The number of thioether (sulfide) groups is 1. The van der Waals surface area contributed by atoms with Crippen LogP contribution in [0.15, 0.2) is 23.1 Å². The predicted octanol–water partition coefficient (Wildman–Crippen LogP) is 3.38. The molecule has 0 spiro atoms. The molecule has 0 saturated carbocycles. The minimum Gasteiger partial charge on any atom is -0.392 e. The number of hydrogen-bond donors (Lipinski definition) is 1. The molecule has 1 nitrogen and oxygen atoms in total. The summed E-state index contributed by atoms with van der Waals surface area (Å²) in [4.78, 5) is 1.23. The number of rotatable bonds is 5. The second kappa shape index (κ2) is 6.10. The first-order chi connectivity index (χ1) is 6.77. The third kappa shape index (κ3) is 3.35. The van der Waals surface area contributed by atoms with E-state index in [-0.39, 0.29) is 6.61 Å². The molecule has 0 aliphatic carbocycles. The molecule has 1 rings (SSSR count). The first-order valence-corrected chi connectivity index (χ1v) is 6.09. The van der Waals surface area contributed by atoms with E-state index in [1.165, 1.54) is 23.3 Å². The maximum Gasteiger partial charge on any atom is 0.0692 e. The van der Waals surface area contributed by atoms with Crippen LogP contribution in [0, 0.1) is 6.92 Å². The Morgan fingerprint density at radius 1 is 1.36 bits per heavy atom. The molecule has 0 aliphatic heterocycles. The van der Waals surface area contributed by atoms with Crippen molar-refractivity contribution in [3.63, 3.8) is 0 Å². The lowest BCUT2D eigenvalue weighted by Crippen LogP contribution is -1.89. The average molecular weight is 210 g/mol. The van der Waals surface area contributed by atoms with E-state index in [1.54, 1.807) is 0 Å². The quantitative estimate of drug-likeness (QED) is 0.594. The summed E-state index contributed by atoms with van der Waals surface area (Å²) < 4.78 is 0. The van der Waals surface area contributed by atoms with Gasteiger partial charge in [-0.2, -0.15) is 0 Å². The summed E-state index contributed by atoms with van der Waals surface area (Å²) in [6.45, 7) is 4.40. The minimum atomic E-state index is 0.149. The molecule has 0 atom stereocenters. The van der Waals surface area contributed by atoms with Gasteiger partial charge < -0.3 is 5.11 Å². The Hall–Kier alpha value is -0.470. The van der Waals surface area contributed by atoms with Crippen molar-refractivity contribution in [2.45, 2.75) is 38.2 Å². The Bertz CT molecular complexity index is 284. The zero-order chi connectivity index (χ0) is 10.4. The zero-order valence-electron chi connectivity index (χ0n) is 8.92. The first-order valence-electron chi connectivity index (χ1n) is 5.11. The fraction of sp³-hybridized carbons (Fsp3) is 0.500. The van der Waals surface area contributed by atoms with Gasteiger partial charge in [-0.05, 0) is 30.7 Å². The van der Waals surface area contributed by atoms with Crippen molar-refractivity contribution in [2.24, 2.45) is 0 Å². The van der Waals surface area contributed by atoms with Crippen LogP contribution in [-0.2, 0) is 6.61 Å². The van der Waals surface area contributed by atoms with Crippen molar-refractivity contribution in [1.82, 2.24) is 0 Å². The molecule has 0 amide bonds. The van der Waals surface area contributed by atoms with E-state index >= 15 is 0 Å². The maximum atomic E-state index is 9.19. The molecule has 14 heavy (non-hydrogen) atoms. The SMILES string of the molecule is CCCCSc1ccc(C)cc1CO. The van der Waals surface area contributed by atoms with Gasteiger partial charge in [0, 0.05) is 4.90 Å². The molecule has 1 aromatic carbocycles. The van der Waals surface area contributed by atoms with E-state index in [0.29, 0.717) is 0 Å². The van der Waals surface area contributed by atoms with Crippen molar-refractivity contribution in [3.05, 3.63) is 29.3 Å². The maximum absolute atomic E-state index is 9.19. The summed E-state index contributed by atoms with van der Waals surface area (Å²) >= 11 is 1.84. The third-order valence-corrected chi connectivity index (χ3v) is 3.34. The van der Waals surface area contributed by atoms with E-state index in [2.05, 4.69) is 32.0 Å². The van der Waals surface area contributed by atoms with Gasteiger partial charge in [0.1, 0.15) is 0 Å². The minimum absolute atomic E-state index is 0.149. The number of aliphatic hydroxyl groups is 1. The topological polar surface area (TPSA) is 20.2 Å². The van der Waals surface area contributed by atoms with Crippen LogP contribution >= 0.6 is 11.8 Å². The van der Waals surface area contributed by atoms with Crippen molar-refractivity contribution in [3.8, 4) is 0 Å². The Kier molecular flexibility index (Phi) is 5.05. The summed E-state index contributed by atoms with van der Waals surface area (Å²) in [6.07, 6.45) is 2.47. The summed E-state index contributed by atoms with van der Waals surface area (Å²) in [5, 5.41) is 9.19. The molecule has 0 bridgehead atoms. The van der Waals surface area contributed by atoms with Gasteiger partial charge >= 0.3 is 0 Å². The Balaban J connectivity index is 2.65. The number of unbranched alkanes of at least 4 members (excludes halogenated alkanes) is 1. The highest BCUT2D eigenvalue weighted by Crippen LogP contribution is 2.24. The lowest BCUT2D eigenvalue weighted by molar-refractivity contribution is 0.279. The lowest BCUT2D eigenvalue weighted by atomic mass is 10.1. The van der Waals surface area contributed by atoms with E-state index in [4.69, 9.17) is 0 Å². The van der Waals surface area contributed by atoms with Crippen molar-refractivity contribution in [1.29, 1.82) is 0 Å². The van der Waals surface area contributed by atoms with Crippen LogP contribution in [0.2, 0.25) is 0 Å². The highest BCUT2D eigenvalue weighted by molar-refractivity contribution is 7.99. The normalized spacial score (nSPS) is 10.5. The Morgan fingerprint density at radius 2 is 2.14 bits per heavy atom. The van der Waals surface area contributed by atoms with Gasteiger partial charge in [-0.3, -0.25) is 0 Å². The van der Waals surface area contributed by atoms with Crippen LogP contribution in [0.5, 0.6) is 0 Å². The highest BCUT2D eigenvalue weighted by Gasteiger charge is 2.01. The smallest absolute Gasteiger partial charge is 0.0692 e. The third-order valence-electron chi connectivity index (χ3n) is 2.14. The first kappa shape index (κ1) is 11.6. The van der Waals surface area contributed by atoms with E-state index in [0.717, 1.165) is 11.3 Å². The van der Waals surface area contributed by atoms with Gasteiger partial charge in [0.15, 0.2) is 0 Å². The molecule has 1 aromatic rings. The number of aryl methyl sites for hydroxylation is 1. The van der Waals surface area contributed by atoms with Gasteiger partial charge in [-0.15, -0.1) is 11.8 Å². The molecule has 0 saturated heterocycles. The number of hydrogen-bond acceptors (Lipinski definition) is 2. The summed E-state index contributed by atoms with van der Waals surface area (Å²) in [6, 6.07) is 6.28. The molecule has 0 aliphatic rings. The monoisotopic (exact) mass is 210 g/mol. The van der Waals surface area contributed by atoms with Crippen LogP contribution in [0.1, 0.15) is 30.9 Å². The largest absolute Gasteiger partial charge is 0.392 e. The van der Waals surface area contributed by atoms with Crippen LogP contribution in [0.4, 0.5) is 0 Å². The lowest BCUT2D eigenvalue weighted by Gasteiger charge is -2.07. The Labute approximate surface area is 90.5 Å². The fourth-order valence-electron chi connectivity index (χ4n) is 1.30. The fourth-order valence-corrected chi connectivity index (χ4v) is 2.43. The van der Waals surface area contributed by atoms with Gasteiger partial charge in [-0.1, -0.05) is 31.0 Å². The van der Waals surface area contributed by atoms with Crippen molar-refractivity contribution >= 4 is 11.8 Å². The summed E-state index contributed by atoms with van der Waals surface area (Å²) in [5.41, 5.74) is 2.28. The summed E-state index contributed by atoms with van der Waals surface area (Å²) in [7, 11) is 0. The Morgan fingerprint density at radius 3 is 2.79 bits per heavy atom. The molecule has 0 heterocycles. The average Bonchev–Trinajstić information content (AvgIpc) is 2.20. The molecule has 0 unspecified atom stereocenters. The van der Waals surface area contributed by atoms with Gasteiger partial charge in [0.25, 0.3) is 0 Å². The molecular weight excluding hydrogens is 192 g/mol. The molecule has 78 valence electrons. The van der Waals surface area contributed by atoms with E-state index < -0.39 is 0 Å². The number of aliphatic hydroxyl groups excluding tert-OH is 1. The van der Waals surface area contributed by atoms with Gasteiger partial charge in [0.05, 0.1) is 6.61 Å². The summed E-state index contributed by atoms with van der Waals surface area (Å²) in [5.74, 6) is 1.15. The molecule has 0 aromatic heterocycles. The van der Waals surface area contributed by atoms with E-state index in [9.17, 15) is 5.11 Å². The molecule has 1 N–H and O–H groups in total.